The Morgan fingerprint density at radius 1 is 1.00 bits per heavy atom. The number of rotatable bonds is 6. The molecule has 0 saturated heterocycles. The van der Waals surface area contributed by atoms with Gasteiger partial charge in [0.15, 0.2) is 5.37 Å². The van der Waals surface area contributed by atoms with Crippen molar-refractivity contribution in [2.24, 2.45) is 4.99 Å². The van der Waals surface area contributed by atoms with E-state index in [9.17, 15) is 18.0 Å². The fourth-order valence-corrected chi connectivity index (χ4v) is 5.47. The number of hydrogen-bond acceptors (Lipinski definition) is 4. The maximum absolute atomic E-state index is 13.2. The summed E-state index contributed by atoms with van der Waals surface area (Å²) >= 11 is 1.40. The van der Waals surface area contributed by atoms with Gasteiger partial charge in [0.05, 0.1) is 0 Å². The number of hydrazine groups is 1. The molecule has 4 nitrogen and oxygen atoms in total. The van der Waals surface area contributed by atoms with Crippen molar-refractivity contribution in [2.75, 3.05) is 6.54 Å². The Morgan fingerprint density at radius 2 is 1.72 bits per heavy atom. The molecule has 32 heavy (non-hydrogen) atoms. The van der Waals surface area contributed by atoms with Gasteiger partial charge in [0.25, 0.3) is 5.91 Å². The Balaban J connectivity index is 1.59. The number of carbonyl (C=O) groups is 1. The lowest BCUT2D eigenvalue weighted by atomic mass is 10.0. The van der Waals surface area contributed by atoms with Crippen LogP contribution in [0.3, 0.4) is 0 Å². The van der Waals surface area contributed by atoms with Crippen molar-refractivity contribution >= 4 is 23.5 Å². The second-order valence-electron chi connectivity index (χ2n) is 8.24. The predicted octanol–water partition coefficient (Wildman–Crippen LogP) is 5.33. The molecular formula is C24H26F3N3OS. The van der Waals surface area contributed by atoms with E-state index in [1.54, 1.807) is 0 Å². The molecule has 8 heteroatoms. The summed E-state index contributed by atoms with van der Waals surface area (Å²) in [6.07, 6.45) is 1.48. The summed E-state index contributed by atoms with van der Waals surface area (Å²) in [6.45, 7) is -1.35. The van der Waals surface area contributed by atoms with Gasteiger partial charge in [0, 0.05) is 10.8 Å². The first-order valence-electron chi connectivity index (χ1n) is 10.9. The zero-order valence-electron chi connectivity index (χ0n) is 17.6. The van der Waals surface area contributed by atoms with Crippen molar-refractivity contribution in [1.29, 1.82) is 0 Å². The summed E-state index contributed by atoms with van der Waals surface area (Å²) in [6, 6.07) is 17.5. The van der Waals surface area contributed by atoms with Crippen molar-refractivity contribution < 1.29 is 18.0 Å². The van der Waals surface area contributed by atoms with E-state index in [0.717, 1.165) is 36.8 Å². The summed E-state index contributed by atoms with van der Waals surface area (Å²) in [7, 11) is 0. The molecule has 1 saturated carbocycles. The molecule has 4 rings (SSSR count). The minimum absolute atomic E-state index is 0.248. The molecule has 1 heterocycles. The topological polar surface area (TPSA) is 44.7 Å². The van der Waals surface area contributed by atoms with Crippen LogP contribution in [0.25, 0.3) is 0 Å². The average molecular weight is 462 g/mol. The highest BCUT2D eigenvalue weighted by Gasteiger charge is 2.39. The van der Waals surface area contributed by atoms with Crippen molar-refractivity contribution in [3.05, 3.63) is 71.3 Å². The van der Waals surface area contributed by atoms with E-state index in [1.807, 2.05) is 54.6 Å². The third-order valence-corrected chi connectivity index (χ3v) is 7.05. The Hall–Kier alpha value is -2.48. The lowest BCUT2D eigenvalue weighted by Gasteiger charge is -2.34. The van der Waals surface area contributed by atoms with Crippen LogP contribution in [-0.4, -0.2) is 40.1 Å². The first-order chi connectivity index (χ1) is 15.4. The van der Waals surface area contributed by atoms with Gasteiger partial charge in [0.1, 0.15) is 12.4 Å². The molecule has 0 aromatic heterocycles. The molecule has 0 bridgehead atoms. The van der Waals surface area contributed by atoms with E-state index in [-0.39, 0.29) is 5.25 Å². The number of amidine groups is 1. The van der Waals surface area contributed by atoms with E-state index in [0.29, 0.717) is 22.8 Å². The van der Waals surface area contributed by atoms with Crippen LogP contribution in [0.1, 0.15) is 48.8 Å². The number of amides is 1. The van der Waals surface area contributed by atoms with Crippen molar-refractivity contribution in [2.45, 2.75) is 55.3 Å². The van der Waals surface area contributed by atoms with Gasteiger partial charge >= 0.3 is 6.18 Å². The van der Waals surface area contributed by atoms with Crippen molar-refractivity contribution in [1.82, 2.24) is 10.4 Å². The monoisotopic (exact) mass is 461 g/mol. The third kappa shape index (κ3) is 6.06. The molecule has 170 valence electrons. The molecule has 1 N–H and O–H groups in total. The van der Waals surface area contributed by atoms with E-state index in [1.165, 1.54) is 18.2 Å². The van der Waals surface area contributed by atoms with Crippen LogP contribution >= 0.6 is 11.8 Å². The largest absolute Gasteiger partial charge is 0.408 e. The number of carbonyl (C=O) groups excluding carboxylic acids is 1. The lowest BCUT2D eigenvalue weighted by molar-refractivity contribution is -0.165. The number of nitrogens with one attached hydrogen (secondary N) is 1. The Kier molecular flexibility index (Phi) is 7.08. The molecule has 1 aliphatic carbocycles. The minimum Gasteiger partial charge on any atom is -0.279 e. The highest BCUT2D eigenvalue weighted by Crippen LogP contribution is 2.34. The molecule has 2 aromatic rings. The van der Waals surface area contributed by atoms with Crippen LogP contribution < -0.4 is 5.43 Å². The SMILES string of the molecule is O=C1C(SC2CCCCC2)N=C(c2cccc(Cc3ccccc3)c2)NN1CC(F)(F)F. The fourth-order valence-electron chi connectivity index (χ4n) is 4.09. The lowest BCUT2D eigenvalue weighted by Crippen LogP contribution is -2.56. The van der Waals surface area contributed by atoms with Crippen LogP contribution in [-0.2, 0) is 11.2 Å². The Labute approximate surface area is 190 Å². The second kappa shape index (κ2) is 9.98. The summed E-state index contributed by atoms with van der Waals surface area (Å²) in [5.41, 5.74) is 5.47. The molecule has 1 aliphatic heterocycles. The number of aliphatic imine (C=N–C) groups is 1. The molecular weight excluding hydrogens is 435 g/mol. The summed E-state index contributed by atoms with van der Waals surface area (Å²) in [5.74, 6) is -0.334. The van der Waals surface area contributed by atoms with Gasteiger partial charge < -0.3 is 0 Å². The maximum Gasteiger partial charge on any atom is 0.408 e. The number of thioether (sulfide) groups is 1. The number of hydrogen-bond donors (Lipinski definition) is 1. The quantitative estimate of drug-likeness (QED) is 0.633. The summed E-state index contributed by atoms with van der Waals surface area (Å²) in [4.78, 5) is 17.4. The van der Waals surface area contributed by atoms with E-state index < -0.39 is 24.0 Å². The van der Waals surface area contributed by atoms with E-state index >= 15 is 0 Å². The smallest absolute Gasteiger partial charge is 0.279 e. The summed E-state index contributed by atoms with van der Waals surface area (Å²) < 4.78 is 39.5. The van der Waals surface area contributed by atoms with Crippen LogP contribution in [0, 0.1) is 0 Å². The fraction of sp³-hybridized carbons (Fsp3) is 0.417. The molecule has 0 spiro atoms. The zero-order chi connectivity index (χ0) is 22.6. The van der Waals surface area contributed by atoms with Gasteiger partial charge in [-0.1, -0.05) is 67.8 Å². The summed E-state index contributed by atoms with van der Waals surface area (Å²) in [5, 5.41) is 0.0552. The molecule has 0 radical (unpaired) electrons. The van der Waals surface area contributed by atoms with Crippen molar-refractivity contribution in [3.63, 3.8) is 0 Å². The van der Waals surface area contributed by atoms with Crippen LogP contribution in [0.2, 0.25) is 0 Å². The van der Waals surface area contributed by atoms with Gasteiger partial charge in [-0.15, -0.1) is 11.8 Å². The number of alkyl halides is 3. The van der Waals surface area contributed by atoms with Crippen LogP contribution in [0.15, 0.2) is 59.6 Å². The van der Waals surface area contributed by atoms with Crippen molar-refractivity contribution in [3.8, 4) is 0 Å². The van der Waals surface area contributed by atoms with Gasteiger partial charge in [-0.2, -0.15) is 13.2 Å². The third-order valence-electron chi connectivity index (χ3n) is 5.63. The highest BCUT2D eigenvalue weighted by atomic mass is 32.2. The molecule has 2 aliphatic rings. The van der Waals surface area contributed by atoms with Gasteiger partial charge in [0.2, 0.25) is 0 Å². The molecule has 1 unspecified atom stereocenters. The van der Waals surface area contributed by atoms with Gasteiger partial charge in [-0.3, -0.25) is 10.2 Å². The first kappa shape index (κ1) is 22.7. The Morgan fingerprint density at radius 3 is 2.44 bits per heavy atom. The Bertz CT molecular complexity index is 958. The zero-order valence-corrected chi connectivity index (χ0v) is 18.5. The number of nitrogens with zero attached hydrogens (tertiary/aromatic N) is 2. The first-order valence-corrected chi connectivity index (χ1v) is 11.8. The van der Waals surface area contributed by atoms with Crippen LogP contribution in [0.4, 0.5) is 13.2 Å². The number of benzene rings is 2. The molecule has 1 fully saturated rings. The highest BCUT2D eigenvalue weighted by molar-refractivity contribution is 8.01. The average Bonchev–Trinajstić information content (AvgIpc) is 2.77. The van der Waals surface area contributed by atoms with Crippen LogP contribution in [0.5, 0.6) is 0 Å². The second-order valence-corrected chi connectivity index (χ2v) is 9.63. The van der Waals surface area contributed by atoms with Gasteiger partial charge in [-0.05, 0) is 36.5 Å². The molecule has 1 atom stereocenters. The van der Waals surface area contributed by atoms with E-state index in [2.05, 4.69) is 10.4 Å². The minimum atomic E-state index is -4.50. The standard InChI is InChI=1S/C24H26F3N3OS/c25-24(26,27)16-30-23(31)22(32-20-12-5-2-6-13-20)28-21(29-30)19-11-7-10-18(15-19)14-17-8-3-1-4-9-17/h1,3-4,7-11,15,20,22H,2,5-6,12-14,16H2,(H,28,29). The normalized spacial score (nSPS) is 20.1. The molecule has 1 amide bonds. The maximum atomic E-state index is 13.2. The van der Waals surface area contributed by atoms with E-state index in [4.69, 9.17) is 0 Å². The molecule has 2 aromatic carbocycles. The van der Waals surface area contributed by atoms with Gasteiger partial charge in [-0.25, -0.2) is 10.0 Å². The predicted molar refractivity (Wildman–Crippen MR) is 121 cm³/mol. The number of halogens is 3.